The molecule has 2 rings (SSSR count). The van der Waals surface area contributed by atoms with Crippen molar-refractivity contribution in [2.45, 2.75) is 0 Å². The van der Waals surface area contributed by atoms with E-state index in [1.807, 2.05) is 0 Å². The van der Waals surface area contributed by atoms with Crippen LogP contribution in [0.4, 0.5) is 8.78 Å². The lowest BCUT2D eigenvalue weighted by Gasteiger charge is -2.06. The van der Waals surface area contributed by atoms with Crippen LogP contribution in [0, 0.1) is 11.6 Å². The molecule has 0 aliphatic carbocycles. The van der Waals surface area contributed by atoms with Gasteiger partial charge in [0.15, 0.2) is 11.6 Å². The van der Waals surface area contributed by atoms with Crippen molar-refractivity contribution in [3.8, 4) is 11.6 Å². The molecule has 0 fully saturated rings. The number of hydrogen-bond donors (Lipinski definition) is 0. The first kappa shape index (κ1) is 12.3. The van der Waals surface area contributed by atoms with Crippen LogP contribution in [0.5, 0.6) is 11.6 Å². The van der Waals surface area contributed by atoms with Crippen molar-refractivity contribution in [2.24, 2.45) is 0 Å². The summed E-state index contributed by atoms with van der Waals surface area (Å²) in [5, 5.41) is 0.268. The molecule has 2 nitrogen and oxygen atoms in total. The van der Waals surface area contributed by atoms with E-state index in [0.29, 0.717) is 4.47 Å². The summed E-state index contributed by atoms with van der Waals surface area (Å²) in [5.74, 6) is -1.68. The molecule has 0 amide bonds. The summed E-state index contributed by atoms with van der Waals surface area (Å²) in [6.07, 6.45) is 1.49. The van der Waals surface area contributed by atoms with Gasteiger partial charge < -0.3 is 4.74 Å². The lowest BCUT2D eigenvalue weighted by Crippen LogP contribution is -1.91. The highest BCUT2D eigenvalue weighted by Gasteiger charge is 2.08. The van der Waals surface area contributed by atoms with Gasteiger partial charge in [0.2, 0.25) is 5.88 Å². The molecule has 0 unspecified atom stereocenters. The number of benzene rings is 1. The Kier molecular flexibility index (Phi) is 3.59. The molecule has 0 aliphatic rings. The van der Waals surface area contributed by atoms with Crippen LogP contribution in [-0.4, -0.2) is 4.98 Å². The first-order valence-corrected chi connectivity index (χ1v) is 5.67. The number of hydrogen-bond acceptors (Lipinski definition) is 2. The molecule has 1 aromatic carbocycles. The van der Waals surface area contributed by atoms with E-state index in [1.54, 1.807) is 6.07 Å². The lowest BCUT2D eigenvalue weighted by molar-refractivity contribution is 0.448. The van der Waals surface area contributed by atoms with Crippen LogP contribution in [0.1, 0.15) is 0 Å². The molecule has 2 aromatic rings. The van der Waals surface area contributed by atoms with Crippen molar-refractivity contribution in [3.05, 3.63) is 51.6 Å². The predicted molar refractivity (Wildman–Crippen MR) is 63.4 cm³/mol. The van der Waals surface area contributed by atoms with Gasteiger partial charge in [-0.2, -0.15) is 0 Å². The van der Waals surface area contributed by atoms with E-state index in [1.165, 1.54) is 12.3 Å². The van der Waals surface area contributed by atoms with Gasteiger partial charge in [-0.3, -0.25) is 0 Å². The van der Waals surface area contributed by atoms with Gasteiger partial charge >= 0.3 is 0 Å². The molecule has 0 atom stereocenters. The largest absolute Gasteiger partial charge is 0.437 e. The van der Waals surface area contributed by atoms with E-state index in [-0.39, 0.29) is 16.7 Å². The summed E-state index contributed by atoms with van der Waals surface area (Å²) in [6, 6.07) is 4.77. The fourth-order valence-electron chi connectivity index (χ4n) is 1.13. The molecule has 0 bridgehead atoms. The second kappa shape index (κ2) is 4.98. The Morgan fingerprint density at radius 1 is 1.18 bits per heavy atom. The summed E-state index contributed by atoms with van der Waals surface area (Å²) in [6.45, 7) is 0. The third kappa shape index (κ3) is 2.92. The Morgan fingerprint density at radius 2 is 1.94 bits per heavy atom. The fourth-order valence-corrected chi connectivity index (χ4v) is 1.80. The van der Waals surface area contributed by atoms with Crippen LogP contribution >= 0.6 is 27.5 Å². The summed E-state index contributed by atoms with van der Waals surface area (Å²) in [4.78, 5) is 3.91. The van der Waals surface area contributed by atoms with Gasteiger partial charge in [-0.1, -0.05) is 11.6 Å². The maximum Gasteiger partial charge on any atom is 0.238 e. The fraction of sp³-hybridized carbons (Fsp3) is 0. The quantitative estimate of drug-likeness (QED) is 0.809. The second-order valence-electron chi connectivity index (χ2n) is 3.12. The molecule has 0 aliphatic heterocycles. The normalized spacial score (nSPS) is 10.4. The molecule has 1 heterocycles. The predicted octanol–water partition coefficient (Wildman–Crippen LogP) is 4.57. The third-order valence-electron chi connectivity index (χ3n) is 1.88. The minimum absolute atomic E-state index is 0.126. The molecule has 0 radical (unpaired) electrons. The highest BCUT2D eigenvalue weighted by molar-refractivity contribution is 9.10. The summed E-state index contributed by atoms with van der Waals surface area (Å²) < 4.78 is 31.5. The monoisotopic (exact) mass is 319 g/mol. The van der Waals surface area contributed by atoms with Gasteiger partial charge in [0.1, 0.15) is 10.8 Å². The molecule has 0 saturated carbocycles. The smallest absolute Gasteiger partial charge is 0.238 e. The van der Waals surface area contributed by atoms with Crippen LogP contribution in [0.2, 0.25) is 5.02 Å². The van der Waals surface area contributed by atoms with E-state index in [4.69, 9.17) is 16.3 Å². The molecular weight excluding hydrogens is 315 g/mol. The van der Waals surface area contributed by atoms with Crippen molar-refractivity contribution < 1.29 is 13.5 Å². The zero-order valence-electron chi connectivity index (χ0n) is 8.25. The highest BCUT2D eigenvalue weighted by Crippen LogP contribution is 2.29. The number of pyridine rings is 1. The van der Waals surface area contributed by atoms with E-state index >= 15 is 0 Å². The van der Waals surface area contributed by atoms with E-state index in [9.17, 15) is 8.78 Å². The second-order valence-corrected chi connectivity index (χ2v) is 4.44. The molecule has 0 N–H and O–H groups in total. The van der Waals surface area contributed by atoms with Crippen molar-refractivity contribution in [1.29, 1.82) is 0 Å². The highest BCUT2D eigenvalue weighted by atomic mass is 79.9. The maximum absolute atomic E-state index is 12.9. The topological polar surface area (TPSA) is 22.1 Å². The molecule has 0 spiro atoms. The molecule has 1 aromatic heterocycles. The minimum Gasteiger partial charge on any atom is -0.437 e. The van der Waals surface area contributed by atoms with Crippen LogP contribution < -0.4 is 4.74 Å². The Balaban J connectivity index is 2.28. The Bertz CT molecular complexity index is 565. The van der Waals surface area contributed by atoms with E-state index in [2.05, 4.69) is 20.9 Å². The number of aromatic nitrogens is 1. The van der Waals surface area contributed by atoms with Gasteiger partial charge in [0.25, 0.3) is 0 Å². The standard InChI is InChI=1S/C11H5BrClF2NO/c12-6-3-8(13)11(16-5-6)17-7-1-2-9(14)10(15)4-7/h1-5H. The van der Waals surface area contributed by atoms with Crippen LogP contribution in [0.3, 0.4) is 0 Å². The summed E-state index contributed by atoms with van der Waals surface area (Å²) in [7, 11) is 0. The number of nitrogens with zero attached hydrogens (tertiary/aromatic N) is 1. The molecule has 0 saturated heterocycles. The van der Waals surface area contributed by atoms with E-state index in [0.717, 1.165) is 12.1 Å². The third-order valence-corrected chi connectivity index (χ3v) is 2.58. The van der Waals surface area contributed by atoms with Crippen molar-refractivity contribution >= 4 is 27.5 Å². The van der Waals surface area contributed by atoms with Gasteiger partial charge in [-0.15, -0.1) is 0 Å². The van der Waals surface area contributed by atoms with E-state index < -0.39 is 11.6 Å². The van der Waals surface area contributed by atoms with Gasteiger partial charge in [0, 0.05) is 16.7 Å². The molecule has 6 heteroatoms. The summed E-state index contributed by atoms with van der Waals surface area (Å²) >= 11 is 9.06. The van der Waals surface area contributed by atoms with Gasteiger partial charge in [0.05, 0.1) is 0 Å². The number of rotatable bonds is 2. The Morgan fingerprint density at radius 3 is 2.59 bits per heavy atom. The zero-order valence-corrected chi connectivity index (χ0v) is 10.6. The molecule has 17 heavy (non-hydrogen) atoms. The Labute approximate surface area is 109 Å². The average Bonchev–Trinajstić information content (AvgIpc) is 2.27. The number of halogens is 4. The van der Waals surface area contributed by atoms with Crippen molar-refractivity contribution in [3.63, 3.8) is 0 Å². The molecular formula is C11H5BrClF2NO. The average molecular weight is 321 g/mol. The lowest BCUT2D eigenvalue weighted by atomic mass is 10.3. The van der Waals surface area contributed by atoms with Gasteiger partial charge in [-0.05, 0) is 34.1 Å². The summed E-state index contributed by atoms with van der Waals surface area (Å²) in [5.41, 5.74) is 0. The van der Waals surface area contributed by atoms with Crippen molar-refractivity contribution in [1.82, 2.24) is 4.98 Å². The van der Waals surface area contributed by atoms with Crippen molar-refractivity contribution in [2.75, 3.05) is 0 Å². The van der Waals surface area contributed by atoms with Gasteiger partial charge in [-0.25, -0.2) is 13.8 Å². The SMILES string of the molecule is Fc1ccc(Oc2ncc(Br)cc2Cl)cc1F. The zero-order chi connectivity index (χ0) is 12.4. The first-order valence-electron chi connectivity index (χ1n) is 4.50. The minimum atomic E-state index is -0.990. The maximum atomic E-state index is 12.9. The van der Waals surface area contributed by atoms with Crippen LogP contribution in [-0.2, 0) is 0 Å². The molecule has 88 valence electrons. The van der Waals surface area contributed by atoms with Crippen LogP contribution in [0.25, 0.3) is 0 Å². The number of ether oxygens (including phenoxy) is 1. The Hall–Kier alpha value is -1.20. The van der Waals surface area contributed by atoms with Crippen LogP contribution in [0.15, 0.2) is 34.9 Å². The first-order chi connectivity index (χ1) is 8.06.